The van der Waals surface area contributed by atoms with Gasteiger partial charge in [0.25, 0.3) is 0 Å². The molecule has 0 unspecified atom stereocenters. The summed E-state index contributed by atoms with van der Waals surface area (Å²) in [6.45, 7) is 2.32. The number of hydrogen-bond acceptors (Lipinski definition) is 2. The number of carbonyl (C=O) groups is 2. The van der Waals surface area contributed by atoms with E-state index >= 15 is 0 Å². The van der Waals surface area contributed by atoms with Crippen molar-refractivity contribution in [3.63, 3.8) is 0 Å². The average molecular weight is 291 g/mol. The van der Waals surface area contributed by atoms with Gasteiger partial charge in [0.2, 0.25) is 5.91 Å². The Bertz CT molecular complexity index is 422. The summed E-state index contributed by atoms with van der Waals surface area (Å²) in [5.41, 5.74) is 0.375. The molecular weight excluding hydrogens is 266 g/mol. The van der Waals surface area contributed by atoms with E-state index in [0.717, 1.165) is 19.5 Å². The second kappa shape index (κ2) is 7.35. The number of nitrogens with zero attached hydrogens (tertiary/aromatic N) is 1. The van der Waals surface area contributed by atoms with Crippen molar-refractivity contribution < 1.29 is 9.59 Å². The van der Waals surface area contributed by atoms with E-state index in [1.54, 1.807) is 0 Å². The molecule has 1 saturated carbocycles. The fraction of sp³-hybridized carbons (Fsp3) is 0.750. The SMILES string of the molecule is C#CCNC(=O)CCNC(=O)N1CCC2(CCCCC2)C1. The lowest BCUT2D eigenvalue weighted by Gasteiger charge is -2.33. The monoisotopic (exact) mass is 291 g/mol. The van der Waals surface area contributed by atoms with Gasteiger partial charge in [0.05, 0.1) is 6.54 Å². The second-order valence-electron chi connectivity index (χ2n) is 6.19. The van der Waals surface area contributed by atoms with E-state index < -0.39 is 0 Å². The third kappa shape index (κ3) is 4.38. The molecule has 2 N–H and O–H groups in total. The molecule has 0 aromatic carbocycles. The number of amides is 3. The molecule has 1 aliphatic carbocycles. The number of rotatable bonds is 4. The molecule has 0 bridgehead atoms. The quantitative estimate of drug-likeness (QED) is 0.771. The largest absolute Gasteiger partial charge is 0.345 e. The molecular formula is C16H25N3O2. The van der Waals surface area contributed by atoms with Crippen molar-refractivity contribution in [2.75, 3.05) is 26.2 Å². The maximum atomic E-state index is 12.1. The Morgan fingerprint density at radius 2 is 1.90 bits per heavy atom. The van der Waals surface area contributed by atoms with Crippen LogP contribution in [0, 0.1) is 17.8 Å². The molecule has 1 aliphatic heterocycles. The van der Waals surface area contributed by atoms with Crippen LogP contribution < -0.4 is 10.6 Å². The number of urea groups is 1. The molecule has 0 aromatic heterocycles. The van der Waals surface area contributed by atoms with Crippen LogP contribution in [0.1, 0.15) is 44.9 Å². The highest BCUT2D eigenvalue weighted by Gasteiger charge is 2.40. The van der Waals surface area contributed by atoms with Crippen LogP contribution in [0.5, 0.6) is 0 Å². The number of nitrogens with one attached hydrogen (secondary N) is 2. The van der Waals surface area contributed by atoms with Gasteiger partial charge >= 0.3 is 6.03 Å². The maximum Gasteiger partial charge on any atom is 0.317 e. The first-order valence-corrected chi connectivity index (χ1v) is 7.88. The smallest absolute Gasteiger partial charge is 0.317 e. The van der Waals surface area contributed by atoms with Gasteiger partial charge in [-0.2, -0.15) is 0 Å². The molecule has 5 nitrogen and oxygen atoms in total. The Hall–Kier alpha value is -1.70. The molecule has 21 heavy (non-hydrogen) atoms. The summed E-state index contributed by atoms with van der Waals surface area (Å²) in [7, 11) is 0. The normalized spacial score (nSPS) is 20.0. The summed E-state index contributed by atoms with van der Waals surface area (Å²) < 4.78 is 0. The first-order valence-electron chi connectivity index (χ1n) is 7.88. The molecule has 0 radical (unpaired) electrons. The number of terminal acetylenes is 1. The maximum absolute atomic E-state index is 12.1. The Kier molecular flexibility index (Phi) is 5.49. The summed E-state index contributed by atoms with van der Waals surface area (Å²) in [5, 5.41) is 5.41. The van der Waals surface area contributed by atoms with Gasteiger partial charge in [-0.1, -0.05) is 25.2 Å². The van der Waals surface area contributed by atoms with Crippen LogP contribution in [0.25, 0.3) is 0 Å². The van der Waals surface area contributed by atoms with Gasteiger partial charge in [-0.15, -0.1) is 6.42 Å². The average Bonchev–Trinajstić information content (AvgIpc) is 2.89. The minimum Gasteiger partial charge on any atom is -0.345 e. The van der Waals surface area contributed by atoms with Crippen LogP contribution >= 0.6 is 0 Å². The number of likely N-dealkylation sites (tertiary alicyclic amines) is 1. The predicted molar refractivity (Wildman–Crippen MR) is 81.6 cm³/mol. The molecule has 1 saturated heterocycles. The van der Waals surface area contributed by atoms with Gasteiger partial charge in [0, 0.05) is 26.1 Å². The van der Waals surface area contributed by atoms with E-state index in [1.807, 2.05) is 4.90 Å². The molecule has 0 aromatic rings. The van der Waals surface area contributed by atoms with Gasteiger partial charge in [0.15, 0.2) is 0 Å². The van der Waals surface area contributed by atoms with Gasteiger partial charge in [-0.05, 0) is 24.7 Å². The summed E-state index contributed by atoms with van der Waals surface area (Å²) in [4.78, 5) is 25.4. The zero-order chi connectivity index (χ0) is 15.1. The van der Waals surface area contributed by atoms with Crippen molar-refractivity contribution in [3.8, 4) is 12.3 Å². The third-order valence-electron chi connectivity index (χ3n) is 4.66. The van der Waals surface area contributed by atoms with Crippen molar-refractivity contribution >= 4 is 11.9 Å². The van der Waals surface area contributed by atoms with Gasteiger partial charge in [0.1, 0.15) is 0 Å². The summed E-state index contributed by atoms with van der Waals surface area (Å²) in [5.74, 6) is 2.22. The molecule has 2 fully saturated rings. The van der Waals surface area contributed by atoms with Crippen LogP contribution in [0.2, 0.25) is 0 Å². The fourth-order valence-corrected chi connectivity index (χ4v) is 3.45. The van der Waals surface area contributed by atoms with Crippen LogP contribution in [0.15, 0.2) is 0 Å². The van der Waals surface area contributed by atoms with Crippen LogP contribution in [-0.2, 0) is 4.79 Å². The molecule has 2 aliphatic rings. The van der Waals surface area contributed by atoms with E-state index in [1.165, 1.54) is 32.1 Å². The summed E-state index contributed by atoms with van der Waals surface area (Å²) in [6, 6.07) is -0.0396. The van der Waals surface area contributed by atoms with Gasteiger partial charge < -0.3 is 15.5 Å². The van der Waals surface area contributed by atoms with E-state index in [4.69, 9.17) is 6.42 Å². The lowest BCUT2D eigenvalue weighted by atomic mass is 9.73. The van der Waals surface area contributed by atoms with Crippen molar-refractivity contribution in [2.24, 2.45) is 5.41 Å². The van der Waals surface area contributed by atoms with Crippen molar-refractivity contribution in [3.05, 3.63) is 0 Å². The Morgan fingerprint density at radius 1 is 1.14 bits per heavy atom. The first-order chi connectivity index (χ1) is 10.2. The van der Waals surface area contributed by atoms with Crippen LogP contribution in [0.4, 0.5) is 4.79 Å². The molecule has 0 atom stereocenters. The molecule has 1 heterocycles. The highest BCUT2D eigenvalue weighted by molar-refractivity contribution is 5.78. The Labute approximate surface area is 126 Å². The lowest BCUT2D eigenvalue weighted by Crippen LogP contribution is -2.41. The second-order valence-corrected chi connectivity index (χ2v) is 6.19. The molecule has 3 amide bonds. The topological polar surface area (TPSA) is 61.4 Å². The van der Waals surface area contributed by atoms with Crippen molar-refractivity contribution in [2.45, 2.75) is 44.9 Å². The summed E-state index contributed by atoms with van der Waals surface area (Å²) >= 11 is 0. The molecule has 2 rings (SSSR count). The molecule has 116 valence electrons. The zero-order valence-electron chi connectivity index (χ0n) is 12.6. The highest BCUT2D eigenvalue weighted by Crippen LogP contribution is 2.43. The summed E-state index contributed by atoms with van der Waals surface area (Å²) in [6.07, 6.45) is 12.9. The van der Waals surface area contributed by atoms with Gasteiger partial charge in [-0.3, -0.25) is 4.79 Å². The van der Waals surface area contributed by atoms with Gasteiger partial charge in [-0.25, -0.2) is 4.79 Å². The molecule has 1 spiro atoms. The minimum atomic E-state index is -0.126. The van der Waals surface area contributed by atoms with E-state index in [9.17, 15) is 9.59 Å². The highest BCUT2D eigenvalue weighted by atomic mass is 16.2. The Morgan fingerprint density at radius 3 is 2.62 bits per heavy atom. The standard InChI is InChI=1S/C16H25N3O2/c1-2-10-17-14(20)6-11-18-15(21)19-12-9-16(13-19)7-4-3-5-8-16/h1H,3-13H2,(H,17,20)(H,18,21). The van der Waals surface area contributed by atoms with Crippen LogP contribution in [0.3, 0.4) is 0 Å². The van der Waals surface area contributed by atoms with Crippen molar-refractivity contribution in [1.29, 1.82) is 0 Å². The zero-order valence-corrected chi connectivity index (χ0v) is 12.6. The number of carbonyl (C=O) groups excluding carboxylic acids is 2. The first kappa shape index (κ1) is 15.7. The minimum absolute atomic E-state index is 0.0396. The van der Waals surface area contributed by atoms with Crippen molar-refractivity contribution in [1.82, 2.24) is 15.5 Å². The Balaban J connectivity index is 1.67. The van der Waals surface area contributed by atoms with E-state index in [-0.39, 0.29) is 24.9 Å². The molecule has 5 heteroatoms. The van der Waals surface area contributed by atoms with Crippen LogP contribution in [-0.4, -0.2) is 43.0 Å². The van der Waals surface area contributed by atoms with E-state index in [0.29, 0.717) is 12.0 Å². The third-order valence-corrected chi connectivity index (χ3v) is 4.66. The predicted octanol–water partition coefficient (Wildman–Crippen LogP) is 1.49. The lowest BCUT2D eigenvalue weighted by molar-refractivity contribution is -0.120. The number of hydrogen-bond donors (Lipinski definition) is 2. The fourth-order valence-electron chi connectivity index (χ4n) is 3.45. The van der Waals surface area contributed by atoms with E-state index in [2.05, 4.69) is 16.6 Å².